The van der Waals surface area contributed by atoms with Gasteiger partial charge in [0.15, 0.2) is 62.0 Å². The molecular formula is C34H51NO30. The van der Waals surface area contributed by atoms with E-state index in [0.717, 1.165) is 28.4 Å². The molecule has 5 aliphatic heterocycles. The first-order valence-electron chi connectivity index (χ1n) is 19.2. The second-order valence-corrected chi connectivity index (χ2v) is 15.0. The number of hydrogen-bond acceptors (Lipinski definition) is 28. The molecule has 5 aliphatic rings. The summed E-state index contributed by atoms with van der Waals surface area (Å²) < 4.78 is 67.6. The average Bonchev–Trinajstić information content (AvgIpc) is 3.27. The lowest BCUT2D eigenvalue weighted by atomic mass is 9.95. The number of carboxylic acids is 2. The maximum absolute atomic E-state index is 12.9. The fourth-order valence-corrected chi connectivity index (χ4v) is 7.56. The second kappa shape index (κ2) is 21.6. The van der Waals surface area contributed by atoms with Crippen LogP contribution in [0.25, 0.3) is 0 Å². The highest BCUT2D eigenvalue weighted by Gasteiger charge is 2.59. The summed E-state index contributed by atoms with van der Waals surface area (Å²) in [7, 11) is 3.83. The van der Waals surface area contributed by atoms with Crippen molar-refractivity contribution in [1.29, 1.82) is 0 Å². The Morgan fingerprint density at radius 2 is 0.631 bits per heavy atom. The molecule has 5 saturated heterocycles. The van der Waals surface area contributed by atoms with Crippen LogP contribution in [0.4, 0.5) is 0 Å². The Morgan fingerprint density at radius 1 is 0.369 bits per heavy atom. The molecule has 25 atom stereocenters. The Kier molecular flexibility index (Phi) is 17.5. The molecule has 14 N–H and O–H groups in total. The molecule has 5 fully saturated rings. The molecule has 25 unspecified atom stereocenters. The van der Waals surface area contributed by atoms with Gasteiger partial charge in [-0.1, -0.05) is 0 Å². The lowest BCUT2D eigenvalue weighted by molar-refractivity contribution is -0.383. The molecule has 0 spiro atoms. The van der Waals surface area contributed by atoms with Gasteiger partial charge in [0.2, 0.25) is 5.91 Å². The molecule has 1 amide bonds. The molecule has 0 aromatic rings. The maximum atomic E-state index is 12.9. The summed E-state index contributed by atoms with van der Waals surface area (Å²) in [5.41, 5.74) is 5.46. The van der Waals surface area contributed by atoms with Gasteiger partial charge in [-0.15, -0.1) is 0 Å². The largest absolute Gasteiger partial charge is 0.479 e. The standard InChI is InChI=1S/C34H51NO30/c1-53-15-5(36)11(42)32(62-21(15)26(47)48)60-19-9(40)14(45)34(65-24(19)29(52)55-3)58-17-8(39)13(44)33(63-22(17)27(49)50)57-16-7(38)12(43)31(61-20(16)25(35)46)59-18-6(37)10(41)30(56-4)64-23(18)28(51)54-2/h5-24,30-34,36-45H,1-4H3,(H2,35,46)(H,47,48)(H,49,50). The third kappa shape index (κ3) is 10.5. The number of rotatable bonds is 15. The van der Waals surface area contributed by atoms with Crippen LogP contribution in [0, 0.1) is 0 Å². The Labute approximate surface area is 364 Å². The zero-order valence-corrected chi connectivity index (χ0v) is 34.2. The Hall–Kier alpha value is -3.49. The smallest absolute Gasteiger partial charge is 0.337 e. The van der Waals surface area contributed by atoms with Crippen LogP contribution in [0.2, 0.25) is 0 Å². The number of amides is 1. The number of esters is 2. The summed E-state index contributed by atoms with van der Waals surface area (Å²) in [5.74, 6) is -7.70. The van der Waals surface area contributed by atoms with Gasteiger partial charge in [0.1, 0.15) is 91.6 Å². The summed E-state index contributed by atoms with van der Waals surface area (Å²) in [5, 5.41) is 129. The molecule has 0 saturated carbocycles. The number of ether oxygens (including phenoxy) is 13. The first-order chi connectivity index (χ1) is 30.5. The summed E-state index contributed by atoms with van der Waals surface area (Å²) in [4.78, 5) is 62.3. The zero-order chi connectivity index (χ0) is 48.5. The molecule has 5 heterocycles. The number of aliphatic carboxylic acids is 2. The van der Waals surface area contributed by atoms with E-state index in [2.05, 4.69) is 9.47 Å². The molecular weight excluding hydrogens is 902 g/mol. The summed E-state index contributed by atoms with van der Waals surface area (Å²) in [6.07, 6.45) is -53.9. The number of carbonyl (C=O) groups is 5. The van der Waals surface area contributed by atoms with Crippen molar-refractivity contribution in [3.05, 3.63) is 0 Å². The molecule has 31 heteroatoms. The van der Waals surface area contributed by atoms with E-state index in [-0.39, 0.29) is 0 Å². The highest BCUT2D eigenvalue weighted by atomic mass is 16.8. The van der Waals surface area contributed by atoms with Gasteiger partial charge in [0.05, 0.1) is 14.2 Å². The lowest BCUT2D eigenvalue weighted by Crippen LogP contribution is -2.69. The fraction of sp³-hybridized carbons (Fsp3) is 0.853. The first kappa shape index (κ1) is 52.5. The van der Waals surface area contributed by atoms with Gasteiger partial charge in [-0.05, 0) is 0 Å². The van der Waals surface area contributed by atoms with Crippen molar-refractivity contribution in [1.82, 2.24) is 0 Å². The Morgan fingerprint density at radius 3 is 0.938 bits per heavy atom. The zero-order valence-electron chi connectivity index (χ0n) is 34.2. The van der Waals surface area contributed by atoms with E-state index >= 15 is 0 Å². The molecule has 372 valence electrons. The van der Waals surface area contributed by atoms with E-state index in [1.54, 1.807) is 0 Å². The second-order valence-electron chi connectivity index (χ2n) is 15.0. The van der Waals surface area contributed by atoms with Gasteiger partial charge in [0, 0.05) is 14.2 Å². The number of carboxylic acid groups (broad SMARTS) is 2. The number of methoxy groups -OCH3 is 4. The normalized spacial score (nSPS) is 47.0. The van der Waals surface area contributed by atoms with Crippen LogP contribution in [-0.4, -0.2) is 273 Å². The van der Waals surface area contributed by atoms with Gasteiger partial charge in [-0.3, -0.25) is 4.79 Å². The van der Waals surface area contributed by atoms with Crippen LogP contribution < -0.4 is 5.73 Å². The van der Waals surface area contributed by atoms with Crippen molar-refractivity contribution >= 4 is 29.8 Å². The first-order valence-corrected chi connectivity index (χ1v) is 19.2. The van der Waals surface area contributed by atoms with Crippen LogP contribution in [0.5, 0.6) is 0 Å². The quantitative estimate of drug-likeness (QED) is 0.0678. The monoisotopic (exact) mass is 953 g/mol. The van der Waals surface area contributed by atoms with Crippen molar-refractivity contribution < 1.29 is 147 Å². The van der Waals surface area contributed by atoms with Gasteiger partial charge in [-0.25, -0.2) is 19.2 Å². The van der Waals surface area contributed by atoms with E-state index in [1.807, 2.05) is 0 Å². The number of aliphatic hydroxyl groups excluding tert-OH is 10. The molecule has 0 aliphatic carbocycles. The van der Waals surface area contributed by atoms with Crippen LogP contribution in [0.1, 0.15) is 0 Å². The number of nitrogens with two attached hydrogens (primary N) is 1. The SMILES string of the molecule is COC(=O)C1OC(OC)C(O)C(O)C1OC1OC(C(N)=O)C(OC2OC(C(=O)O)C(OC3OC(C(=O)OC)C(OC4OC(C(=O)O)C(OC)C(O)C4O)C(O)C3O)C(O)C2O)C(O)C1O. The number of primary amides is 1. The number of aliphatic hydroxyl groups is 10. The van der Waals surface area contributed by atoms with Crippen molar-refractivity contribution in [3.8, 4) is 0 Å². The van der Waals surface area contributed by atoms with E-state index in [0.29, 0.717) is 0 Å². The van der Waals surface area contributed by atoms with E-state index in [4.69, 9.17) is 57.8 Å². The van der Waals surface area contributed by atoms with Crippen LogP contribution in [0.15, 0.2) is 0 Å². The summed E-state index contributed by atoms with van der Waals surface area (Å²) >= 11 is 0. The highest BCUT2D eigenvalue weighted by molar-refractivity contribution is 5.80. The Balaban J connectivity index is 1.31. The highest BCUT2D eigenvalue weighted by Crippen LogP contribution is 2.36. The predicted molar refractivity (Wildman–Crippen MR) is 189 cm³/mol. The molecule has 5 rings (SSSR count). The van der Waals surface area contributed by atoms with Gasteiger partial charge < -0.3 is 129 Å². The van der Waals surface area contributed by atoms with E-state index in [9.17, 15) is 85.3 Å². The van der Waals surface area contributed by atoms with Gasteiger partial charge in [0.25, 0.3) is 0 Å². The van der Waals surface area contributed by atoms with Crippen LogP contribution in [0.3, 0.4) is 0 Å². The van der Waals surface area contributed by atoms with Gasteiger partial charge >= 0.3 is 23.9 Å². The average molecular weight is 954 g/mol. The molecule has 65 heavy (non-hydrogen) atoms. The van der Waals surface area contributed by atoms with E-state index < -0.39 is 183 Å². The lowest BCUT2D eigenvalue weighted by Gasteiger charge is -2.48. The molecule has 0 radical (unpaired) electrons. The van der Waals surface area contributed by atoms with Crippen molar-refractivity contribution in [2.45, 2.75) is 154 Å². The van der Waals surface area contributed by atoms with Crippen molar-refractivity contribution in [2.75, 3.05) is 28.4 Å². The minimum absolute atomic E-state index is 0.827. The number of hydrogen-bond donors (Lipinski definition) is 13. The van der Waals surface area contributed by atoms with Crippen molar-refractivity contribution in [3.63, 3.8) is 0 Å². The molecule has 31 nitrogen and oxygen atoms in total. The minimum atomic E-state index is -2.47. The topological polar surface area (TPSA) is 474 Å². The predicted octanol–water partition coefficient (Wildman–Crippen LogP) is -10.6. The van der Waals surface area contributed by atoms with Crippen LogP contribution in [-0.2, 0) is 85.6 Å². The summed E-state index contributed by atoms with van der Waals surface area (Å²) in [6.45, 7) is 0. The molecule has 0 bridgehead atoms. The van der Waals surface area contributed by atoms with E-state index in [1.165, 1.54) is 0 Å². The molecule has 0 aromatic carbocycles. The van der Waals surface area contributed by atoms with Crippen molar-refractivity contribution in [2.24, 2.45) is 5.73 Å². The maximum Gasteiger partial charge on any atom is 0.337 e. The summed E-state index contributed by atoms with van der Waals surface area (Å²) in [6, 6.07) is 0. The third-order valence-corrected chi connectivity index (χ3v) is 11.0. The van der Waals surface area contributed by atoms with Crippen LogP contribution >= 0.6 is 0 Å². The van der Waals surface area contributed by atoms with Gasteiger partial charge in [-0.2, -0.15) is 0 Å². The fourth-order valence-electron chi connectivity index (χ4n) is 7.56. The Bertz CT molecular complexity index is 1680. The molecule has 0 aromatic heterocycles. The minimum Gasteiger partial charge on any atom is -0.479 e. The number of carbonyl (C=O) groups excluding carboxylic acids is 3. The third-order valence-electron chi connectivity index (χ3n) is 11.0.